The Morgan fingerprint density at radius 2 is 0.915 bits per heavy atom. The van der Waals surface area contributed by atoms with Gasteiger partial charge in [0.15, 0.2) is 0 Å². The van der Waals surface area contributed by atoms with E-state index in [1.165, 1.54) is 71.9 Å². The molecule has 0 N–H and O–H groups in total. The van der Waals surface area contributed by atoms with Crippen molar-refractivity contribution in [3.63, 3.8) is 0 Å². The first-order valence-corrected chi connectivity index (χ1v) is 20.5. The number of hydrogen-bond acceptors (Lipinski definition) is 1. The highest BCUT2D eigenvalue weighted by Gasteiger charge is 2.36. The van der Waals surface area contributed by atoms with Crippen LogP contribution < -0.4 is 4.90 Å². The van der Waals surface area contributed by atoms with E-state index in [0.717, 1.165) is 28.3 Å². The zero-order valence-corrected chi connectivity index (χ0v) is 33.2. The highest BCUT2D eigenvalue weighted by molar-refractivity contribution is 6.11. The zero-order valence-electron chi connectivity index (χ0n) is 33.2. The summed E-state index contributed by atoms with van der Waals surface area (Å²) < 4.78 is 2.42. The van der Waals surface area contributed by atoms with Crippen LogP contribution in [0, 0.1) is 0 Å². The molecule has 0 unspecified atom stereocenters. The molecule has 1 aliphatic carbocycles. The number of para-hydroxylation sites is 2. The van der Waals surface area contributed by atoms with Crippen molar-refractivity contribution in [2.45, 2.75) is 19.3 Å². The molecule has 0 saturated carbocycles. The van der Waals surface area contributed by atoms with Crippen molar-refractivity contribution in [2.75, 3.05) is 4.90 Å². The van der Waals surface area contributed by atoms with E-state index in [2.05, 4.69) is 242 Å². The van der Waals surface area contributed by atoms with E-state index in [-0.39, 0.29) is 5.41 Å². The van der Waals surface area contributed by atoms with Crippen molar-refractivity contribution in [1.29, 1.82) is 0 Å². The number of nitrogens with zero attached hydrogens (tertiary/aromatic N) is 2. The average molecular weight is 755 g/mol. The molecular weight excluding hydrogens is 713 g/mol. The van der Waals surface area contributed by atoms with Crippen LogP contribution in [0.2, 0.25) is 0 Å². The van der Waals surface area contributed by atoms with E-state index in [4.69, 9.17) is 0 Å². The van der Waals surface area contributed by atoms with Gasteiger partial charge in [0.25, 0.3) is 0 Å². The molecule has 0 fully saturated rings. The summed E-state index contributed by atoms with van der Waals surface area (Å²) in [6.07, 6.45) is 0. The molecule has 0 aliphatic heterocycles. The topological polar surface area (TPSA) is 8.17 Å². The lowest BCUT2D eigenvalue weighted by molar-refractivity contribution is 0.660. The van der Waals surface area contributed by atoms with Crippen LogP contribution in [-0.2, 0) is 5.41 Å². The molecule has 1 heterocycles. The summed E-state index contributed by atoms with van der Waals surface area (Å²) in [7, 11) is 0. The van der Waals surface area contributed by atoms with Crippen molar-refractivity contribution in [2.24, 2.45) is 0 Å². The maximum Gasteiger partial charge on any atom is 0.0561 e. The Morgan fingerprint density at radius 1 is 0.373 bits per heavy atom. The van der Waals surface area contributed by atoms with Gasteiger partial charge in [-0.3, -0.25) is 0 Å². The third kappa shape index (κ3) is 5.63. The van der Waals surface area contributed by atoms with Gasteiger partial charge in [0, 0.05) is 38.8 Å². The molecule has 2 heteroatoms. The largest absolute Gasteiger partial charge is 0.310 e. The highest BCUT2D eigenvalue weighted by Crippen LogP contribution is 2.53. The fourth-order valence-corrected chi connectivity index (χ4v) is 9.67. The summed E-state index contributed by atoms with van der Waals surface area (Å²) >= 11 is 0. The van der Waals surface area contributed by atoms with Crippen molar-refractivity contribution in [3.05, 3.63) is 230 Å². The molecule has 11 rings (SSSR count). The molecule has 9 aromatic carbocycles. The molecule has 1 aromatic heterocycles. The van der Waals surface area contributed by atoms with Gasteiger partial charge >= 0.3 is 0 Å². The summed E-state index contributed by atoms with van der Waals surface area (Å²) in [6, 6.07) is 80.0. The number of aromatic nitrogens is 1. The predicted octanol–water partition coefficient (Wildman–Crippen LogP) is 15.6. The minimum Gasteiger partial charge on any atom is -0.310 e. The van der Waals surface area contributed by atoms with Crippen LogP contribution >= 0.6 is 0 Å². The first kappa shape index (κ1) is 34.8. The SMILES string of the molecule is CC1(C)c2ccccc2-c2cc(N(c3ccc4c5ccccc5n(-c5ccccc5)c4c3)c3cccc(-c4ccccc4)c3-c3ccccc3-c3ccccc3)ccc21. The van der Waals surface area contributed by atoms with Crippen LogP contribution in [0.3, 0.4) is 0 Å². The second-order valence-electron chi connectivity index (χ2n) is 16.1. The lowest BCUT2D eigenvalue weighted by Crippen LogP contribution is -2.15. The minimum absolute atomic E-state index is 0.0994. The number of benzene rings is 9. The Labute approximate surface area is 345 Å². The molecule has 0 radical (unpaired) electrons. The van der Waals surface area contributed by atoms with Crippen LogP contribution in [0.1, 0.15) is 25.0 Å². The molecule has 0 bridgehead atoms. The maximum atomic E-state index is 2.50. The molecule has 10 aromatic rings. The van der Waals surface area contributed by atoms with Gasteiger partial charge in [0.2, 0.25) is 0 Å². The van der Waals surface area contributed by atoms with Crippen LogP contribution in [0.25, 0.3) is 72.0 Å². The number of anilines is 3. The second kappa shape index (κ2) is 13.9. The van der Waals surface area contributed by atoms with E-state index in [1.54, 1.807) is 0 Å². The minimum atomic E-state index is -0.0994. The van der Waals surface area contributed by atoms with Gasteiger partial charge in [-0.15, -0.1) is 0 Å². The normalized spacial score (nSPS) is 12.7. The molecule has 2 nitrogen and oxygen atoms in total. The monoisotopic (exact) mass is 754 g/mol. The lowest BCUT2D eigenvalue weighted by Gasteiger charge is -2.31. The van der Waals surface area contributed by atoms with Gasteiger partial charge in [0.05, 0.1) is 16.7 Å². The summed E-state index contributed by atoms with van der Waals surface area (Å²) in [5.74, 6) is 0. The van der Waals surface area contributed by atoms with Gasteiger partial charge in [-0.1, -0.05) is 184 Å². The average Bonchev–Trinajstić information content (AvgIpc) is 3.75. The van der Waals surface area contributed by atoms with Crippen molar-refractivity contribution in [1.82, 2.24) is 4.57 Å². The van der Waals surface area contributed by atoms with Crippen molar-refractivity contribution >= 4 is 38.9 Å². The van der Waals surface area contributed by atoms with Crippen LogP contribution in [0.15, 0.2) is 218 Å². The van der Waals surface area contributed by atoms with Crippen LogP contribution in [0.5, 0.6) is 0 Å². The Morgan fingerprint density at radius 3 is 1.68 bits per heavy atom. The fourth-order valence-electron chi connectivity index (χ4n) is 9.67. The van der Waals surface area contributed by atoms with E-state index in [1.807, 2.05) is 0 Å². The van der Waals surface area contributed by atoms with E-state index in [9.17, 15) is 0 Å². The van der Waals surface area contributed by atoms with Crippen LogP contribution in [-0.4, -0.2) is 4.57 Å². The highest BCUT2D eigenvalue weighted by atomic mass is 15.1. The van der Waals surface area contributed by atoms with Gasteiger partial charge in [-0.05, 0) is 98.6 Å². The maximum absolute atomic E-state index is 2.50. The van der Waals surface area contributed by atoms with Gasteiger partial charge in [-0.25, -0.2) is 0 Å². The van der Waals surface area contributed by atoms with E-state index < -0.39 is 0 Å². The standard InChI is InChI=1S/C57H42N2/c1-57(2)51-30-16-14-26-46(51)50-37-42(34-36-52(50)57)58(43-33-35-48-47-27-15-17-31-53(47)59(55(48)38-43)41-23-10-5-11-24-41)54-32-18-29-45(40-21-8-4-9-22-40)56(54)49-28-13-12-25-44(49)39-19-6-3-7-20-39/h3-38H,1-2H3. The summed E-state index contributed by atoms with van der Waals surface area (Å²) in [4.78, 5) is 2.50. The molecule has 1 aliphatic rings. The second-order valence-corrected chi connectivity index (χ2v) is 16.1. The molecule has 0 saturated heterocycles. The quantitative estimate of drug-likeness (QED) is 0.157. The smallest absolute Gasteiger partial charge is 0.0561 e. The van der Waals surface area contributed by atoms with Crippen molar-refractivity contribution < 1.29 is 0 Å². The van der Waals surface area contributed by atoms with Crippen molar-refractivity contribution in [3.8, 4) is 50.2 Å². The lowest BCUT2D eigenvalue weighted by atomic mass is 9.82. The van der Waals surface area contributed by atoms with Gasteiger partial charge in [0.1, 0.15) is 0 Å². The molecule has 280 valence electrons. The number of rotatable bonds is 7. The van der Waals surface area contributed by atoms with E-state index >= 15 is 0 Å². The van der Waals surface area contributed by atoms with Crippen LogP contribution in [0.4, 0.5) is 17.1 Å². The first-order valence-electron chi connectivity index (χ1n) is 20.5. The number of hydrogen-bond donors (Lipinski definition) is 0. The van der Waals surface area contributed by atoms with E-state index in [0.29, 0.717) is 0 Å². The molecule has 0 spiro atoms. The first-order chi connectivity index (χ1) is 29.1. The Balaban J connectivity index is 1.24. The molecule has 0 amide bonds. The summed E-state index contributed by atoms with van der Waals surface area (Å²) in [6.45, 7) is 4.71. The Hall–Kier alpha value is -7.42. The third-order valence-corrected chi connectivity index (χ3v) is 12.4. The number of fused-ring (bicyclic) bond motifs is 6. The van der Waals surface area contributed by atoms with Gasteiger partial charge < -0.3 is 9.47 Å². The zero-order chi connectivity index (χ0) is 39.5. The molecule has 0 atom stereocenters. The third-order valence-electron chi connectivity index (χ3n) is 12.4. The molecule has 59 heavy (non-hydrogen) atoms. The Kier molecular flexibility index (Phi) is 8.20. The van der Waals surface area contributed by atoms with Gasteiger partial charge in [-0.2, -0.15) is 0 Å². The molecular formula is C57H42N2. The fraction of sp³-hybridized carbons (Fsp3) is 0.0526. The summed E-state index contributed by atoms with van der Waals surface area (Å²) in [5.41, 5.74) is 19.2. The predicted molar refractivity (Wildman–Crippen MR) is 249 cm³/mol. The summed E-state index contributed by atoms with van der Waals surface area (Å²) in [5, 5.41) is 2.47. The Bertz CT molecular complexity index is 3170.